The van der Waals surface area contributed by atoms with Gasteiger partial charge in [0.05, 0.1) is 0 Å². The van der Waals surface area contributed by atoms with Gasteiger partial charge in [-0.2, -0.15) is 5.10 Å². The average Bonchev–Trinajstić information content (AvgIpc) is 2.83. The van der Waals surface area contributed by atoms with Crippen molar-refractivity contribution in [1.29, 1.82) is 0 Å². The molecule has 0 aliphatic carbocycles. The van der Waals surface area contributed by atoms with E-state index in [1.54, 1.807) is 7.11 Å². The van der Waals surface area contributed by atoms with Crippen LogP contribution in [0.15, 0.2) is 24.3 Å². The zero-order valence-electron chi connectivity index (χ0n) is 11.6. The van der Waals surface area contributed by atoms with Gasteiger partial charge in [0, 0.05) is 31.0 Å². The average molecular weight is 260 g/mol. The van der Waals surface area contributed by atoms with Gasteiger partial charge in [0.1, 0.15) is 5.82 Å². The third-order valence-corrected chi connectivity index (χ3v) is 2.92. The van der Waals surface area contributed by atoms with E-state index in [-0.39, 0.29) is 0 Å². The van der Waals surface area contributed by atoms with Crippen LogP contribution in [-0.4, -0.2) is 34.9 Å². The highest BCUT2D eigenvalue weighted by molar-refractivity contribution is 5.73. The minimum Gasteiger partial charge on any atom is -0.385 e. The van der Waals surface area contributed by atoms with Crippen molar-refractivity contribution >= 4 is 5.69 Å². The van der Waals surface area contributed by atoms with E-state index in [1.807, 2.05) is 31.2 Å². The number of benzene rings is 1. The van der Waals surface area contributed by atoms with Crippen LogP contribution < -0.4 is 5.32 Å². The summed E-state index contributed by atoms with van der Waals surface area (Å²) < 4.78 is 5.10. The molecule has 1 atom stereocenters. The summed E-state index contributed by atoms with van der Waals surface area (Å²) in [5.41, 5.74) is 2.06. The minimum atomic E-state index is 0.334. The summed E-state index contributed by atoms with van der Waals surface area (Å²) in [5, 5.41) is 10.6. The number of aromatic amines is 1. The highest BCUT2D eigenvalue weighted by atomic mass is 16.5. The summed E-state index contributed by atoms with van der Waals surface area (Å²) in [6.45, 7) is 4.78. The first kappa shape index (κ1) is 13.5. The van der Waals surface area contributed by atoms with E-state index in [0.29, 0.717) is 6.04 Å². The summed E-state index contributed by atoms with van der Waals surface area (Å²) in [6.07, 6.45) is 0.956. The lowest BCUT2D eigenvalue weighted by molar-refractivity contribution is 0.191. The van der Waals surface area contributed by atoms with Gasteiger partial charge in [0.2, 0.25) is 0 Å². The molecule has 0 spiro atoms. The Hall–Kier alpha value is -1.88. The van der Waals surface area contributed by atoms with Crippen LogP contribution in [0.3, 0.4) is 0 Å². The largest absolute Gasteiger partial charge is 0.385 e. The van der Waals surface area contributed by atoms with E-state index in [2.05, 4.69) is 27.4 Å². The van der Waals surface area contributed by atoms with Crippen LogP contribution in [0, 0.1) is 6.92 Å². The van der Waals surface area contributed by atoms with Crippen molar-refractivity contribution in [3.05, 3.63) is 30.1 Å². The van der Waals surface area contributed by atoms with Crippen molar-refractivity contribution in [1.82, 2.24) is 15.2 Å². The van der Waals surface area contributed by atoms with Gasteiger partial charge in [0.15, 0.2) is 5.82 Å². The first-order chi connectivity index (χ1) is 9.20. The van der Waals surface area contributed by atoms with Crippen molar-refractivity contribution in [2.75, 3.05) is 19.0 Å². The van der Waals surface area contributed by atoms with Crippen molar-refractivity contribution in [3.8, 4) is 11.4 Å². The van der Waals surface area contributed by atoms with Crippen LogP contribution in [0.25, 0.3) is 11.4 Å². The highest BCUT2D eigenvalue weighted by Crippen LogP contribution is 2.25. The standard InChI is InChI=1S/C14H20N4O/c1-10(8-9-19-3)15-13-7-5-4-6-12(13)14-16-11(2)17-18-14/h4-7,10,15H,8-9H2,1-3H3,(H,16,17,18). The number of hydrogen-bond acceptors (Lipinski definition) is 4. The molecule has 0 aliphatic rings. The predicted molar refractivity (Wildman–Crippen MR) is 76.1 cm³/mol. The zero-order valence-corrected chi connectivity index (χ0v) is 11.6. The predicted octanol–water partition coefficient (Wildman–Crippen LogP) is 2.62. The van der Waals surface area contributed by atoms with Gasteiger partial charge < -0.3 is 10.1 Å². The fourth-order valence-electron chi connectivity index (χ4n) is 1.90. The second kappa shape index (κ2) is 6.33. The first-order valence-electron chi connectivity index (χ1n) is 6.44. The van der Waals surface area contributed by atoms with Crippen molar-refractivity contribution in [3.63, 3.8) is 0 Å². The molecule has 2 aromatic rings. The Labute approximate surface area is 113 Å². The molecule has 19 heavy (non-hydrogen) atoms. The number of aromatic nitrogens is 3. The molecule has 1 aromatic heterocycles. The lowest BCUT2D eigenvalue weighted by atomic mass is 10.1. The number of rotatable bonds is 6. The Bertz CT molecular complexity index is 524. The van der Waals surface area contributed by atoms with Crippen molar-refractivity contribution in [2.45, 2.75) is 26.3 Å². The lowest BCUT2D eigenvalue weighted by Gasteiger charge is -2.16. The third kappa shape index (κ3) is 3.54. The van der Waals surface area contributed by atoms with Gasteiger partial charge in [-0.25, -0.2) is 4.98 Å². The third-order valence-electron chi connectivity index (χ3n) is 2.92. The maximum atomic E-state index is 5.10. The molecule has 0 saturated heterocycles. The number of H-pyrrole nitrogens is 1. The van der Waals surface area contributed by atoms with Crippen LogP contribution in [0.2, 0.25) is 0 Å². The molecule has 2 rings (SSSR count). The topological polar surface area (TPSA) is 62.8 Å². The summed E-state index contributed by atoms with van der Waals surface area (Å²) in [5.74, 6) is 1.54. The van der Waals surface area contributed by atoms with E-state index in [9.17, 15) is 0 Å². The summed E-state index contributed by atoms with van der Waals surface area (Å²) in [6, 6.07) is 8.40. The molecule has 1 unspecified atom stereocenters. The SMILES string of the molecule is COCCC(C)Nc1ccccc1-c1n[nH]c(C)n1. The van der Waals surface area contributed by atoms with Gasteiger partial charge in [-0.15, -0.1) is 0 Å². The molecule has 0 radical (unpaired) electrons. The van der Waals surface area contributed by atoms with Crippen LogP contribution in [0.4, 0.5) is 5.69 Å². The number of nitrogens with one attached hydrogen (secondary N) is 2. The van der Waals surface area contributed by atoms with Gasteiger partial charge in [0.25, 0.3) is 0 Å². The van der Waals surface area contributed by atoms with Crippen LogP contribution in [0.5, 0.6) is 0 Å². The summed E-state index contributed by atoms with van der Waals surface area (Å²) >= 11 is 0. The summed E-state index contributed by atoms with van der Waals surface area (Å²) in [4.78, 5) is 4.38. The first-order valence-corrected chi connectivity index (χ1v) is 6.44. The molecular weight excluding hydrogens is 240 g/mol. The molecule has 2 N–H and O–H groups in total. The maximum Gasteiger partial charge on any atom is 0.183 e. The van der Waals surface area contributed by atoms with E-state index in [0.717, 1.165) is 35.9 Å². The lowest BCUT2D eigenvalue weighted by Crippen LogP contribution is -2.17. The number of aryl methyl sites for hydroxylation is 1. The fraction of sp³-hybridized carbons (Fsp3) is 0.429. The number of nitrogens with zero attached hydrogens (tertiary/aromatic N) is 2. The number of ether oxygens (including phenoxy) is 1. The number of methoxy groups -OCH3 is 1. The van der Waals surface area contributed by atoms with E-state index in [1.165, 1.54) is 0 Å². The van der Waals surface area contributed by atoms with Gasteiger partial charge in [-0.3, -0.25) is 5.10 Å². The number of anilines is 1. The molecule has 0 amide bonds. The van der Waals surface area contributed by atoms with Crippen LogP contribution in [0.1, 0.15) is 19.2 Å². The summed E-state index contributed by atoms with van der Waals surface area (Å²) in [7, 11) is 1.72. The quantitative estimate of drug-likeness (QED) is 0.838. The Morgan fingerprint density at radius 3 is 2.84 bits per heavy atom. The molecule has 0 saturated carbocycles. The smallest absolute Gasteiger partial charge is 0.183 e. The number of para-hydroxylation sites is 1. The molecule has 0 aliphatic heterocycles. The van der Waals surface area contributed by atoms with E-state index in [4.69, 9.17) is 4.74 Å². The molecule has 102 valence electrons. The zero-order chi connectivity index (χ0) is 13.7. The normalized spacial score (nSPS) is 12.4. The van der Waals surface area contributed by atoms with Crippen LogP contribution in [-0.2, 0) is 4.74 Å². The Morgan fingerprint density at radius 2 is 2.16 bits per heavy atom. The van der Waals surface area contributed by atoms with E-state index < -0.39 is 0 Å². The molecule has 0 bridgehead atoms. The highest BCUT2D eigenvalue weighted by Gasteiger charge is 2.10. The Kier molecular flexibility index (Phi) is 4.52. The van der Waals surface area contributed by atoms with E-state index >= 15 is 0 Å². The van der Waals surface area contributed by atoms with Gasteiger partial charge in [-0.1, -0.05) is 12.1 Å². The second-order valence-electron chi connectivity index (χ2n) is 4.62. The maximum absolute atomic E-state index is 5.10. The monoisotopic (exact) mass is 260 g/mol. The molecular formula is C14H20N4O. The molecule has 5 heteroatoms. The fourth-order valence-corrected chi connectivity index (χ4v) is 1.90. The molecule has 5 nitrogen and oxygen atoms in total. The van der Waals surface area contributed by atoms with Gasteiger partial charge in [-0.05, 0) is 32.4 Å². The molecule has 1 aromatic carbocycles. The molecule has 0 fully saturated rings. The second-order valence-corrected chi connectivity index (χ2v) is 4.62. The molecule has 1 heterocycles. The minimum absolute atomic E-state index is 0.334. The number of hydrogen-bond donors (Lipinski definition) is 2. The van der Waals surface area contributed by atoms with Crippen molar-refractivity contribution in [2.24, 2.45) is 0 Å². The Balaban J connectivity index is 2.17. The Morgan fingerprint density at radius 1 is 1.37 bits per heavy atom. The van der Waals surface area contributed by atoms with Crippen LogP contribution >= 0.6 is 0 Å². The van der Waals surface area contributed by atoms with Gasteiger partial charge >= 0.3 is 0 Å². The van der Waals surface area contributed by atoms with Crippen molar-refractivity contribution < 1.29 is 4.74 Å².